The van der Waals surface area contributed by atoms with Crippen LogP contribution in [0.3, 0.4) is 0 Å². The SMILES string of the molecule is CN(C[C@H](O)CCl)c1ccccc1. The second-order valence-electron chi connectivity index (χ2n) is 3.02. The maximum absolute atomic E-state index is 9.32. The van der Waals surface area contributed by atoms with E-state index in [1.54, 1.807) is 0 Å². The van der Waals surface area contributed by atoms with Crippen molar-refractivity contribution in [3.8, 4) is 0 Å². The minimum absolute atomic E-state index is 0.275. The van der Waals surface area contributed by atoms with Gasteiger partial charge in [-0.05, 0) is 12.1 Å². The quantitative estimate of drug-likeness (QED) is 0.747. The molecule has 2 nitrogen and oxygen atoms in total. The van der Waals surface area contributed by atoms with E-state index in [9.17, 15) is 5.11 Å². The zero-order valence-electron chi connectivity index (χ0n) is 7.65. The molecule has 1 atom stereocenters. The second kappa shape index (κ2) is 5.10. The first-order valence-electron chi connectivity index (χ1n) is 4.24. The number of aliphatic hydroxyl groups excluding tert-OH is 1. The average molecular weight is 200 g/mol. The number of aliphatic hydroxyl groups is 1. The molecular weight excluding hydrogens is 186 g/mol. The number of rotatable bonds is 4. The first-order chi connectivity index (χ1) is 6.24. The van der Waals surface area contributed by atoms with E-state index in [4.69, 9.17) is 11.6 Å². The van der Waals surface area contributed by atoms with Crippen LogP contribution in [0.25, 0.3) is 0 Å². The minimum Gasteiger partial charge on any atom is -0.390 e. The summed E-state index contributed by atoms with van der Waals surface area (Å²) in [5.74, 6) is 0.275. The molecule has 0 unspecified atom stereocenters. The number of nitrogens with zero attached hydrogens (tertiary/aromatic N) is 1. The normalized spacial score (nSPS) is 12.5. The van der Waals surface area contributed by atoms with Gasteiger partial charge in [-0.1, -0.05) is 18.2 Å². The van der Waals surface area contributed by atoms with Gasteiger partial charge in [0.2, 0.25) is 0 Å². The Morgan fingerprint density at radius 2 is 2.00 bits per heavy atom. The van der Waals surface area contributed by atoms with Crippen molar-refractivity contribution in [1.29, 1.82) is 0 Å². The van der Waals surface area contributed by atoms with Crippen molar-refractivity contribution in [3.05, 3.63) is 30.3 Å². The molecular formula is C10H14ClNO. The predicted molar refractivity (Wildman–Crippen MR) is 56.4 cm³/mol. The first-order valence-corrected chi connectivity index (χ1v) is 4.77. The molecule has 1 rings (SSSR count). The number of halogens is 1. The van der Waals surface area contributed by atoms with E-state index in [1.165, 1.54) is 0 Å². The Kier molecular flexibility index (Phi) is 4.06. The van der Waals surface area contributed by atoms with Crippen molar-refractivity contribution >= 4 is 17.3 Å². The fraction of sp³-hybridized carbons (Fsp3) is 0.400. The van der Waals surface area contributed by atoms with Crippen LogP contribution in [0.5, 0.6) is 0 Å². The monoisotopic (exact) mass is 199 g/mol. The van der Waals surface area contributed by atoms with Crippen LogP contribution in [0.15, 0.2) is 30.3 Å². The molecule has 3 heteroatoms. The van der Waals surface area contributed by atoms with Gasteiger partial charge in [-0.25, -0.2) is 0 Å². The zero-order chi connectivity index (χ0) is 9.68. The first kappa shape index (κ1) is 10.4. The number of alkyl halides is 1. The van der Waals surface area contributed by atoms with Gasteiger partial charge in [0, 0.05) is 19.3 Å². The standard InChI is InChI=1S/C10H14ClNO/c1-12(8-10(13)7-11)9-5-3-2-4-6-9/h2-6,10,13H,7-8H2,1H3/t10-/m1/s1. The van der Waals surface area contributed by atoms with Gasteiger partial charge >= 0.3 is 0 Å². The molecule has 0 saturated heterocycles. The van der Waals surface area contributed by atoms with Gasteiger partial charge in [0.15, 0.2) is 0 Å². The molecule has 0 spiro atoms. The molecule has 0 heterocycles. The Morgan fingerprint density at radius 3 is 2.54 bits per heavy atom. The highest BCUT2D eigenvalue weighted by atomic mass is 35.5. The number of hydrogen-bond donors (Lipinski definition) is 1. The van der Waals surface area contributed by atoms with E-state index >= 15 is 0 Å². The molecule has 0 aromatic heterocycles. The maximum atomic E-state index is 9.32. The summed E-state index contributed by atoms with van der Waals surface area (Å²) in [6, 6.07) is 9.91. The lowest BCUT2D eigenvalue weighted by Gasteiger charge is -2.21. The molecule has 0 radical (unpaired) electrons. The average Bonchev–Trinajstić information content (AvgIpc) is 2.19. The predicted octanol–water partition coefficient (Wildman–Crippen LogP) is 1.72. The Balaban J connectivity index is 2.53. The van der Waals surface area contributed by atoms with E-state index in [-0.39, 0.29) is 5.88 Å². The third-order valence-electron chi connectivity index (χ3n) is 1.86. The molecule has 72 valence electrons. The lowest BCUT2D eigenvalue weighted by Crippen LogP contribution is -2.29. The minimum atomic E-state index is -0.466. The summed E-state index contributed by atoms with van der Waals surface area (Å²) >= 11 is 5.51. The summed E-state index contributed by atoms with van der Waals surface area (Å²) in [6.45, 7) is 0.563. The van der Waals surface area contributed by atoms with Crippen molar-refractivity contribution in [2.24, 2.45) is 0 Å². The zero-order valence-corrected chi connectivity index (χ0v) is 8.41. The molecule has 0 bridgehead atoms. The summed E-state index contributed by atoms with van der Waals surface area (Å²) in [4.78, 5) is 1.98. The van der Waals surface area contributed by atoms with Gasteiger partial charge in [0.1, 0.15) is 0 Å². The van der Waals surface area contributed by atoms with Gasteiger partial charge in [-0.2, -0.15) is 0 Å². The van der Waals surface area contributed by atoms with Crippen LogP contribution in [-0.4, -0.2) is 30.7 Å². The van der Waals surface area contributed by atoms with Crippen LogP contribution in [-0.2, 0) is 0 Å². The van der Waals surface area contributed by atoms with E-state index in [0.29, 0.717) is 6.54 Å². The fourth-order valence-corrected chi connectivity index (χ4v) is 1.25. The van der Waals surface area contributed by atoms with E-state index in [1.807, 2.05) is 42.3 Å². The summed E-state index contributed by atoms with van der Waals surface area (Å²) in [7, 11) is 1.94. The second-order valence-corrected chi connectivity index (χ2v) is 3.33. The third kappa shape index (κ3) is 3.25. The molecule has 0 amide bonds. The number of anilines is 1. The van der Waals surface area contributed by atoms with Crippen LogP contribution >= 0.6 is 11.6 Å². The van der Waals surface area contributed by atoms with E-state index in [2.05, 4.69) is 0 Å². The largest absolute Gasteiger partial charge is 0.390 e. The van der Waals surface area contributed by atoms with Crippen molar-refractivity contribution in [2.45, 2.75) is 6.10 Å². The third-order valence-corrected chi connectivity index (χ3v) is 2.22. The van der Waals surface area contributed by atoms with Crippen molar-refractivity contribution in [2.75, 3.05) is 24.4 Å². The van der Waals surface area contributed by atoms with Crippen LogP contribution in [0, 0.1) is 0 Å². The van der Waals surface area contributed by atoms with E-state index < -0.39 is 6.10 Å². The number of hydrogen-bond acceptors (Lipinski definition) is 2. The Labute approximate surface area is 83.7 Å². The van der Waals surface area contributed by atoms with Gasteiger partial charge in [-0.3, -0.25) is 0 Å². The van der Waals surface area contributed by atoms with Crippen LogP contribution in [0.1, 0.15) is 0 Å². The fourth-order valence-electron chi connectivity index (χ4n) is 1.15. The molecule has 0 aliphatic carbocycles. The van der Waals surface area contributed by atoms with E-state index in [0.717, 1.165) is 5.69 Å². The topological polar surface area (TPSA) is 23.5 Å². The van der Waals surface area contributed by atoms with Crippen LogP contribution < -0.4 is 4.90 Å². The van der Waals surface area contributed by atoms with Crippen LogP contribution in [0.2, 0.25) is 0 Å². The summed E-state index contributed by atoms with van der Waals surface area (Å²) in [5.41, 5.74) is 1.09. The Bertz CT molecular complexity index is 240. The van der Waals surface area contributed by atoms with Gasteiger partial charge < -0.3 is 10.0 Å². The Hall–Kier alpha value is -0.730. The molecule has 1 aromatic rings. The molecule has 0 saturated carbocycles. The summed E-state index contributed by atoms with van der Waals surface area (Å²) < 4.78 is 0. The molecule has 0 aliphatic heterocycles. The van der Waals surface area contributed by atoms with Gasteiger partial charge in [0.05, 0.1) is 12.0 Å². The van der Waals surface area contributed by atoms with Crippen molar-refractivity contribution in [3.63, 3.8) is 0 Å². The lowest BCUT2D eigenvalue weighted by atomic mass is 10.3. The van der Waals surface area contributed by atoms with Crippen LogP contribution in [0.4, 0.5) is 5.69 Å². The summed E-state index contributed by atoms with van der Waals surface area (Å²) in [5, 5.41) is 9.32. The highest BCUT2D eigenvalue weighted by Crippen LogP contribution is 2.11. The number of para-hydroxylation sites is 1. The maximum Gasteiger partial charge on any atom is 0.0849 e. The molecule has 13 heavy (non-hydrogen) atoms. The van der Waals surface area contributed by atoms with Crippen molar-refractivity contribution < 1.29 is 5.11 Å². The molecule has 1 N–H and O–H groups in total. The smallest absolute Gasteiger partial charge is 0.0849 e. The lowest BCUT2D eigenvalue weighted by molar-refractivity contribution is 0.205. The van der Waals surface area contributed by atoms with Gasteiger partial charge in [0.25, 0.3) is 0 Å². The molecule has 1 aromatic carbocycles. The van der Waals surface area contributed by atoms with Gasteiger partial charge in [-0.15, -0.1) is 11.6 Å². The number of benzene rings is 1. The summed E-state index contributed by atoms with van der Waals surface area (Å²) in [6.07, 6.45) is -0.466. The number of likely N-dealkylation sites (N-methyl/N-ethyl adjacent to an activating group) is 1. The molecule has 0 aliphatic rings. The highest BCUT2D eigenvalue weighted by Gasteiger charge is 2.06. The Morgan fingerprint density at radius 1 is 1.38 bits per heavy atom. The molecule has 0 fully saturated rings. The highest BCUT2D eigenvalue weighted by molar-refractivity contribution is 6.18. The van der Waals surface area contributed by atoms with Crippen molar-refractivity contribution in [1.82, 2.24) is 0 Å².